The SMILES string of the molecule is CC(C)N(C(=O)[C@@H](C)S(C)(=O)=O)c1cccc(C(F)(F)F)c1. The summed E-state index contributed by atoms with van der Waals surface area (Å²) in [5.74, 6) is -0.753. The molecule has 0 aromatic heterocycles. The Bertz CT molecular complexity index is 654. The van der Waals surface area contributed by atoms with Crippen molar-refractivity contribution in [1.82, 2.24) is 0 Å². The summed E-state index contributed by atoms with van der Waals surface area (Å²) in [4.78, 5) is 13.4. The second kappa shape index (κ2) is 6.28. The van der Waals surface area contributed by atoms with Gasteiger partial charge < -0.3 is 4.90 Å². The summed E-state index contributed by atoms with van der Waals surface area (Å²) in [5.41, 5.74) is -0.874. The van der Waals surface area contributed by atoms with Crippen LogP contribution >= 0.6 is 0 Å². The molecule has 124 valence electrons. The van der Waals surface area contributed by atoms with Crippen LogP contribution in [-0.4, -0.2) is 31.9 Å². The van der Waals surface area contributed by atoms with Gasteiger partial charge in [-0.05, 0) is 39.0 Å². The lowest BCUT2D eigenvalue weighted by molar-refractivity contribution is -0.137. The Balaban J connectivity index is 3.31. The van der Waals surface area contributed by atoms with Gasteiger partial charge in [-0.1, -0.05) is 6.07 Å². The van der Waals surface area contributed by atoms with E-state index in [0.29, 0.717) is 0 Å². The van der Waals surface area contributed by atoms with Gasteiger partial charge >= 0.3 is 6.18 Å². The molecule has 0 saturated carbocycles. The lowest BCUT2D eigenvalue weighted by Crippen LogP contribution is -2.45. The lowest BCUT2D eigenvalue weighted by Gasteiger charge is -2.29. The zero-order chi connectivity index (χ0) is 17.3. The fraction of sp³-hybridized carbons (Fsp3) is 0.500. The molecule has 1 amide bonds. The standard InChI is InChI=1S/C14H18F3NO3S/c1-9(2)18(13(19)10(3)22(4,20)21)12-7-5-6-11(8-12)14(15,16)17/h5-10H,1-4H3/t10-/m1/s1. The highest BCUT2D eigenvalue weighted by Crippen LogP contribution is 2.32. The van der Waals surface area contributed by atoms with Gasteiger partial charge in [0.1, 0.15) is 5.25 Å². The zero-order valence-electron chi connectivity index (χ0n) is 12.7. The van der Waals surface area contributed by atoms with Gasteiger partial charge in [-0.2, -0.15) is 13.2 Å². The molecule has 0 N–H and O–H groups in total. The minimum absolute atomic E-state index is 0.0188. The van der Waals surface area contributed by atoms with E-state index in [2.05, 4.69) is 0 Å². The number of hydrogen-bond acceptors (Lipinski definition) is 3. The topological polar surface area (TPSA) is 54.5 Å². The smallest absolute Gasteiger partial charge is 0.309 e. The molecule has 0 bridgehead atoms. The highest BCUT2D eigenvalue weighted by molar-refractivity contribution is 7.92. The van der Waals surface area contributed by atoms with Crippen molar-refractivity contribution >= 4 is 21.4 Å². The summed E-state index contributed by atoms with van der Waals surface area (Å²) in [7, 11) is -3.64. The normalized spacial score (nSPS) is 14.0. The monoisotopic (exact) mass is 337 g/mol. The molecule has 0 spiro atoms. The number of carbonyl (C=O) groups is 1. The lowest BCUT2D eigenvalue weighted by atomic mass is 10.1. The largest absolute Gasteiger partial charge is 0.416 e. The van der Waals surface area contributed by atoms with E-state index < -0.39 is 38.8 Å². The van der Waals surface area contributed by atoms with Crippen LogP contribution in [0, 0.1) is 0 Å². The molecule has 0 heterocycles. The van der Waals surface area contributed by atoms with E-state index in [9.17, 15) is 26.4 Å². The van der Waals surface area contributed by atoms with E-state index in [-0.39, 0.29) is 5.69 Å². The third-order valence-corrected chi connectivity index (χ3v) is 4.68. The summed E-state index contributed by atoms with van der Waals surface area (Å²) < 4.78 is 61.4. The summed E-state index contributed by atoms with van der Waals surface area (Å²) in [6, 6.07) is 3.79. The van der Waals surface area contributed by atoms with E-state index in [0.717, 1.165) is 23.3 Å². The third kappa shape index (κ3) is 4.22. The Kier molecular flexibility index (Phi) is 5.27. The van der Waals surface area contributed by atoms with Crippen molar-refractivity contribution in [1.29, 1.82) is 0 Å². The number of hydrogen-bond donors (Lipinski definition) is 0. The van der Waals surface area contributed by atoms with Crippen LogP contribution in [0.2, 0.25) is 0 Å². The number of anilines is 1. The maximum absolute atomic E-state index is 12.8. The van der Waals surface area contributed by atoms with Crippen molar-refractivity contribution in [3.8, 4) is 0 Å². The summed E-state index contributed by atoms with van der Waals surface area (Å²) in [6.07, 6.45) is -3.62. The van der Waals surface area contributed by atoms with Gasteiger partial charge in [-0.25, -0.2) is 8.42 Å². The Labute approximate surface area is 127 Å². The number of alkyl halides is 3. The van der Waals surface area contributed by atoms with Gasteiger partial charge in [-0.15, -0.1) is 0 Å². The first-order valence-electron chi connectivity index (χ1n) is 6.55. The number of nitrogens with zero attached hydrogens (tertiary/aromatic N) is 1. The third-order valence-electron chi connectivity index (χ3n) is 3.20. The Hall–Kier alpha value is -1.57. The summed E-state index contributed by atoms with van der Waals surface area (Å²) in [6.45, 7) is 4.43. The Morgan fingerprint density at radius 2 is 1.73 bits per heavy atom. The predicted octanol–water partition coefficient (Wildman–Crippen LogP) is 2.88. The van der Waals surface area contributed by atoms with Gasteiger partial charge in [0.05, 0.1) is 5.56 Å². The molecule has 22 heavy (non-hydrogen) atoms. The number of carbonyl (C=O) groups excluding carboxylic acids is 1. The molecule has 1 atom stereocenters. The van der Waals surface area contributed by atoms with Gasteiger partial charge in [0, 0.05) is 18.0 Å². The molecule has 0 radical (unpaired) electrons. The van der Waals surface area contributed by atoms with Gasteiger partial charge in [0.15, 0.2) is 9.84 Å². The van der Waals surface area contributed by atoms with Gasteiger partial charge in [-0.3, -0.25) is 4.79 Å². The molecule has 0 unspecified atom stereocenters. The molecular weight excluding hydrogens is 319 g/mol. The Morgan fingerprint density at radius 3 is 2.14 bits per heavy atom. The molecule has 8 heteroatoms. The summed E-state index contributed by atoms with van der Waals surface area (Å²) in [5, 5.41) is -1.33. The van der Waals surface area contributed by atoms with E-state index >= 15 is 0 Å². The molecule has 0 aliphatic heterocycles. The van der Waals surface area contributed by atoms with Crippen LogP contribution in [0.1, 0.15) is 26.3 Å². The molecule has 4 nitrogen and oxygen atoms in total. The van der Waals surface area contributed by atoms with Crippen LogP contribution < -0.4 is 4.90 Å². The maximum atomic E-state index is 12.8. The highest BCUT2D eigenvalue weighted by Gasteiger charge is 2.34. The quantitative estimate of drug-likeness (QED) is 0.849. The fourth-order valence-electron chi connectivity index (χ4n) is 1.89. The van der Waals surface area contributed by atoms with Crippen LogP contribution in [0.3, 0.4) is 0 Å². The van der Waals surface area contributed by atoms with Crippen molar-refractivity contribution < 1.29 is 26.4 Å². The first kappa shape index (κ1) is 18.5. The van der Waals surface area contributed by atoms with Crippen LogP contribution in [0.4, 0.5) is 18.9 Å². The number of rotatable bonds is 4. The van der Waals surface area contributed by atoms with Gasteiger partial charge in [0.2, 0.25) is 5.91 Å². The Morgan fingerprint density at radius 1 is 1.18 bits per heavy atom. The van der Waals surface area contributed by atoms with Crippen molar-refractivity contribution in [2.45, 2.75) is 38.2 Å². The molecule has 0 fully saturated rings. The predicted molar refractivity (Wildman–Crippen MR) is 78.4 cm³/mol. The van der Waals surface area contributed by atoms with E-state index in [4.69, 9.17) is 0 Å². The highest BCUT2D eigenvalue weighted by atomic mass is 32.2. The van der Waals surface area contributed by atoms with Crippen LogP contribution in [-0.2, 0) is 20.8 Å². The van der Waals surface area contributed by atoms with Crippen molar-refractivity contribution in [2.24, 2.45) is 0 Å². The molecule has 1 aromatic rings. The molecule has 1 aromatic carbocycles. The maximum Gasteiger partial charge on any atom is 0.416 e. The summed E-state index contributed by atoms with van der Waals surface area (Å²) >= 11 is 0. The minimum Gasteiger partial charge on any atom is -0.309 e. The zero-order valence-corrected chi connectivity index (χ0v) is 13.5. The van der Waals surface area contributed by atoms with Crippen molar-refractivity contribution in [3.05, 3.63) is 29.8 Å². The van der Waals surface area contributed by atoms with Crippen molar-refractivity contribution in [2.75, 3.05) is 11.2 Å². The van der Waals surface area contributed by atoms with Crippen LogP contribution in [0.25, 0.3) is 0 Å². The number of sulfone groups is 1. The molecule has 1 rings (SSSR count). The molecule has 0 saturated heterocycles. The second-order valence-corrected chi connectivity index (χ2v) is 7.69. The number of benzene rings is 1. The van der Waals surface area contributed by atoms with Crippen molar-refractivity contribution in [3.63, 3.8) is 0 Å². The fourth-order valence-corrected chi connectivity index (χ4v) is 2.37. The van der Waals surface area contributed by atoms with Crippen LogP contribution in [0.5, 0.6) is 0 Å². The van der Waals surface area contributed by atoms with E-state index in [1.54, 1.807) is 13.8 Å². The number of amides is 1. The first-order chi connectivity index (χ1) is 9.85. The van der Waals surface area contributed by atoms with E-state index in [1.165, 1.54) is 19.1 Å². The molecule has 0 aliphatic rings. The second-order valence-electron chi connectivity index (χ2n) is 5.32. The van der Waals surface area contributed by atoms with Crippen LogP contribution in [0.15, 0.2) is 24.3 Å². The minimum atomic E-state index is -4.54. The van der Waals surface area contributed by atoms with E-state index in [1.807, 2.05) is 0 Å². The molecule has 0 aliphatic carbocycles. The first-order valence-corrected chi connectivity index (χ1v) is 8.50. The average Bonchev–Trinajstić information content (AvgIpc) is 2.35. The molecular formula is C14H18F3NO3S. The average molecular weight is 337 g/mol. The number of halogens is 3. The van der Waals surface area contributed by atoms with Gasteiger partial charge in [0.25, 0.3) is 0 Å².